The number of ether oxygens (including phenoxy) is 2. The van der Waals surface area contributed by atoms with Crippen LogP contribution < -0.4 is 20.1 Å². The van der Waals surface area contributed by atoms with Crippen molar-refractivity contribution in [3.05, 3.63) is 47.0 Å². The molecule has 0 spiro atoms. The van der Waals surface area contributed by atoms with Crippen molar-refractivity contribution >= 4 is 23.3 Å². The summed E-state index contributed by atoms with van der Waals surface area (Å²) in [7, 11) is 3.29. The van der Waals surface area contributed by atoms with Gasteiger partial charge in [-0.15, -0.1) is 0 Å². The zero-order valence-corrected chi connectivity index (χ0v) is 19.2. The van der Waals surface area contributed by atoms with E-state index in [9.17, 15) is 9.59 Å². The molecule has 1 aliphatic carbocycles. The molecule has 0 atom stereocenters. The Bertz CT molecular complexity index is 1030. The van der Waals surface area contributed by atoms with Gasteiger partial charge in [-0.05, 0) is 68.9 Å². The lowest BCUT2D eigenvalue weighted by molar-refractivity contribution is -0.121. The van der Waals surface area contributed by atoms with Crippen molar-refractivity contribution in [2.24, 2.45) is 5.92 Å². The number of hydrogen-bond donors (Lipinski definition) is 2. The lowest BCUT2D eigenvalue weighted by Gasteiger charge is -2.39. The lowest BCUT2D eigenvalue weighted by Crippen LogP contribution is -2.47. The molecular formula is C25H31N3O4. The molecule has 0 radical (unpaired) electrons. The Labute approximate surface area is 189 Å². The first-order valence-electron chi connectivity index (χ1n) is 11.1. The van der Waals surface area contributed by atoms with Gasteiger partial charge in [0.2, 0.25) is 5.91 Å². The number of hydrogen-bond acceptors (Lipinski definition) is 4. The van der Waals surface area contributed by atoms with Gasteiger partial charge in [0.15, 0.2) is 0 Å². The number of nitrogens with zero attached hydrogens (tertiary/aromatic N) is 1. The van der Waals surface area contributed by atoms with Crippen molar-refractivity contribution in [3.63, 3.8) is 0 Å². The number of carbonyl (C=O) groups excluding carboxylic acids is 2. The maximum atomic E-state index is 12.8. The number of anilines is 2. The van der Waals surface area contributed by atoms with E-state index in [1.807, 2.05) is 49.1 Å². The predicted molar refractivity (Wildman–Crippen MR) is 124 cm³/mol. The Morgan fingerprint density at radius 3 is 2.44 bits per heavy atom. The van der Waals surface area contributed by atoms with Crippen LogP contribution in [0.2, 0.25) is 0 Å². The first-order chi connectivity index (χ1) is 15.4. The number of urea groups is 1. The van der Waals surface area contributed by atoms with Crippen LogP contribution in [0.1, 0.15) is 42.4 Å². The van der Waals surface area contributed by atoms with Gasteiger partial charge in [-0.2, -0.15) is 0 Å². The van der Waals surface area contributed by atoms with E-state index in [4.69, 9.17) is 9.47 Å². The van der Waals surface area contributed by atoms with E-state index >= 15 is 0 Å². The third kappa shape index (κ3) is 4.24. The molecule has 2 N–H and O–H groups in total. The summed E-state index contributed by atoms with van der Waals surface area (Å²) in [6.07, 6.45) is 3.13. The van der Waals surface area contributed by atoms with Crippen LogP contribution >= 0.6 is 0 Å². The first kappa shape index (κ1) is 22.0. The predicted octanol–water partition coefficient (Wildman–Crippen LogP) is 4.87. The first-order valence-corrected chi connectivity index (χ1v) is 11.1. The number of carbonyl (C=O) groups is 2. The van der Waals surface area contributed by atoms with Gasteiger partial charge in [0.1, 0.15) is 11.5 Å². The van der Waals surface area contributed by atoms with Crippen molar-refractivity contribution in [3.8, 4) is 11.5 Å². The summed E-state index contributed by atoms with van der Waals surface area (Å²) in [5, 5.41) is 6.05. The Hall–Kier alpha value is -3.22. The molecule has 32 heavy (non-hydrogen) atoms. The third-order valence-electron chi connectivity index (χ3n) is 6.78. The number of methoxy groups -OCH3 is 2. The zero-order chi connectivity index (χ0) is 22.8. The molecule has 0 bridgehead atoms. The third-order valence-corrected chi connectivity index (χ3v) is 6.78. The molecule has 0 aromatic heterocycles. The van der Waals surface area contributed by atoms with Gasteiger partial charge in [-0.1, -0.05) is 6.07 Å². The van der Waals surface area contributed by atoms with Gasteiger partial charge in [0.25, 0.3) is 0 Å². The summed E-state index contributed by atoms with van der Waals surface area (Å²) in [4.78, 5) is 27.5. The van der Waals surface area contributed by atoms with E-state index in [1.54, 1.807) is 14.2 Å². The highest BCUT2D eigenvalue weighted by atomic mass is 16.5. The molecule has 7 nitrogen and oxygen atoms in total. The molecule has 1 aliphatic heterocycles. The largest absolute Gasteiger partial charge is 0.496 e. The van der Waals surface area contributed by atoms with Crippen molar-refractivity contribution in [2.75, 3.05) is 24.9 Å². The number of aryl methyl sites for hydroxylation is 1. The molecule has 0 unspecified atom stereocenters. The fraction of sp³-hybridized carbons (Fsp3) is 0.440. The molecule has 170 valence electrons. The second-order valence-corrected chi connectivity index (χ2v) is 8.66. The van der Waals surface area contributed by atoms with Gasteiger partial charge in [0, 0.05) is 35.0 Å². The Balaban J connectivity index is 1.38. The average molecular weight is 438 g/mol. The minimum absolute atomic E-state index is 0.0309. The number of amides is 3. The summed E-state index contributed by atoms with van der Waals surface area (Å²) in [6.45, 7) is 4.56. The topological polar surface area (TPSA) is 79.9 Å². The van der Waals surface area contributed by atoms with Crippen LogP contribution in [0.4, 0.5) is 16.2 Å². The molecule has 2 aromatic carbocycles. The number of fused-ring (bicyclic) bond motifs is 1. The van der Waals surface area contributed by atoms with Crippen LogP contribution in [-0.4, -0.2) is 37.1 Å². The van der Waals surface area contributed by atoms with Crippen LogP contribution in [-0.2, 0) is 11.3 Å². The second-order valence-electron chi connectivity index (χ2n) is 8.66. The summed E-state index contributed by atoms with van der Waals surface area (Å²) in [5.74, 6) is 1.56. The van der Waals surface area contributed by atoms with Crippen molar-refractivity contribution in [1.29, 1.82) is 0 Å². The Kier molecular flexibility index (Phi) is 6.26. The minimum Gasteiger partial charge on any atom is -0.496 e. The molecule has 1 fully saturated rings. The van der Waals surface area contributed by atoms with E-state index in [-0.39, 0.29) is 23.9 Å². The number of rotatable bonds is 5. The maximum Gasteiger partial charge on any atom is 0.322 e. The fourth-order valence-corrected chi connectivity index (χ4v) is 4.79. The number of nitrogens with one attached hydrogen (secondary N) is 2. The smallest absolute Gasteiger partial charge is 0.322 e. The SMILES string of the molecule is COc1cc(NC(=O)C2CCC(N3Cc4c(ccc(OC)c4C)NC3=O)CC2)ccc1C. The van der Waals surface area contributed by atoms with Gasteiger partial charge >= 0.3 is 6.03 Å². The molecular weight excluding hydrogens is 406 g/mol. The maximum absolute atomic E-state index is 12.8. The summed E-state index contributed by atoms with van der Waals surface area (Å²) in [5.41, 5.74) is 4.77. The zero-order valence-electron chi connectivity index (χ0n) is 19.2. The summed E-state index contributed by atoms with van der Waals surface area (Å²) in [6, 6.07) is 9.53. The summed E-state index contributed by atoms with van der Waals surface area (Å²) < 4.78 is 10.8. The van der Waals surface area contributed by atoms with Gasteiger partial charge in [-0.25, -0.2) is 4.79 Å². The second kappa shape index (κ2) is 9.10. The standard InChI is InChI=1S/C25H31N3O4/c1-15-5-8-18(13-23(15)32-4)26-24(29)17-6-9-19(10-7-17)28-14-20-16(2)22(31-3)12-11-21(20)27-25(28)30/h5,8,11-13,17,19H,6-7,9-10,14H2,1-4H3,(H,26,29)(H,27,30). The van der Waals surface area contributed by atoms with Crippen LogP contribution in [0.5, 0.6) is 11.5 Å². The molecule has 1 heterocycles. The molecule has 2 aromatic rings. The van der Waals surface area contributed by atoms with Crippen LogP contribution in [0.15, 0.2) is 30.3 Å². The van der Waals surface area contributed by atoms with E-state index in [2.05, 4.69) is 10.6 Å². The van der Waals surface area contributed by atoms with E-state index in [0.717, 1.165) is 65.2 Å². The van der Waals surface area contributed by atoms with Crippen LogP contribution in [0.3, 0.4) is 0 Å². The monoisotopic (exact) mass is 437 g/mol. The highest BCUT2D eigenvalue weighted by Gasteiger charge is 2.34. The van der Waals surface area contributed by atoms with Gasteiger partial charge in [0.05, 0.1) is 20.8 Å². The van der Waals surface area contributed by atoms with E-state index < -0.39 is 0 Å². The van der Waals surface area contributed by atoms with E-state index in [1.165, 1.54) is 0 Å². The van der Waals surface area contributed by atoms with Crippen LogP contribution in [0, 0.1) is 19.8 Å². The van der Waals surface area contributed by atoms with Crippen molar-refractivity contribution in [1.82, 2.24) is 4.90 Å². The highest BCUT2D eigenvalue weighted by Crippen LogP contribution is 2.36. The quantitative estimate of drug-likeness (QED) is 0.700. The minimum atomic E-state index is -0.0679. The molecule has 2 aliphatic rings. The molecule has 3 amide bonds. The Morgan fingerprint density at radius 1 is 1.03 bits per heavy atom. The average Bonchev–Trinajstić information content (AvgIpc) is 2.80. The normalized spacial score (nSPS) is 20.2. The highest BCUT2D eigenvalue weighted by molar-refractivity contribution is 5.94. The number of benzene rings is 2. The summed E-state index contributed by atoms with van der Waals surface area (Å²) >= 11 is 0. The molecule has 0 saturated heterocycles. The van der Waals surface area contributed by atoms with Crippen molar-refractivity contribution in [2.45, 2.75) is 52.1 Å². The fourth-order valence-electron chi connectivity index (χ4n) is 4.79. The van der Waals surface area contributed by atoms with Gasteiger partial charge < -0.3 is 25.0 Å². The molecule has 4 rings (SSSR count). The molecule has 7 heteroatoms. The van der Waals surface area contributed by atoms with Crippen LogP contribution in [0.25, 0.3) is 0 Å². The van der Waals surface area contributed by atoms with E-state index in [0.29, 0.717) is 6.54 Å². The molecule has 1 saturated carbocycles. The van der Waals surface area contributed by atoms with Crippen molar-refractivity contribution < 1.29 is 19.1 Å². The van der Waals surface area contributed by atoms with Gasteiger partial charge in [-0.3, -0.25) is 4.79 Å². The Morgan fingerprint density at radius 2 is 1.75 bits per heavy atom. The lowest BCUT2D eigenvalue weighted by atomic mass is 9.84.